The number of rotatable bonds is 5. The summed E-state index contributed by atoms with van der Waals surface area (Å²) in [5.74, 6) is 0.764. The third-order valence-electron chi connectivity index (χ3n) is 6.88. The lowest BCUT2D eigenvalue weighted by Gasteiger charge is -2.59. The summed E-state index contributed by atoms with van der Waals surface area (Å²) in [5, 5.41) is -0.0529. The normalized spacial score (nSPS) is 18.2. The van der Waals surface area contributed by atoms with E-state index >= 15 is 4.39 Å². The molecule has 0 aromatic heterocycles. The van der Waals surface area contributed by atoms with E-state index in [1.807, 2.05) is 0 Å². The number of hydrogen-bond acceptors (Lipinski definition) is 0. The zero-order valence-corrected chi connectivity index (χ0v) is 14.5. The third kappa shape index (κ3) is 2.41. The standard InChI is InChI=1S/C14H32B3F/c1-9(2)11(5,6)14(17,18)12(7,8)13(15,16)10(3)4/h9-10H,15-17H2,1-8H3. The molecule has 0 nitrogen and oxygen atoms in total. The fraction of sp³-hybridized carbons (Fsp3) is 1.00. The van der Waals surface area contributed by atoms with Gasteiger partial charge in [-0.1, -0.05) is 66.5 Å². The second kappa shape index (κ2) is 4.91. The fourth-order valence-corrected chi connectivity index (χ4v) is 2.67. The van der Waals surface area contributed by atoms with Gasteiger partial charge in [-0.15, -0.1) is 0 Å². The van der Waals surface area contributed by atoms with E-state index in [0.717, 1.165) is 0 Å². The molecule has 0 fully saturated rings. The van der Waals surface area contributed by atoms with Crippen molar-refractivity contribution in [2.24, 2.45) is 22.7 Å². The molecule has 0 bridgehead atoms. The first kappa shape index (κ1) is 18.1. The Labute approximate surface area is 117 Å². The summed E-state index contributed by atoms with van der Waals surface area (Å²) in [6, 6.07) is 0. The van der Waals surface area contributed by atoms with Crippen LogP contribution in [0.15, 0.2) is 0 Å². The van der Waals surface area contributed by atoms with Gasteiger partial charge in [0.15, 0.2) is 7.85 Å². The van der Waals surface area contributed by atoms with Gasteiger partial charge in [0.2, 0.25) is 0 Å². The van der Waals surface area contributed by atoms with Crippen LogP contribution in [-0.2, 0) is 0 Å². The van der Waals surface area contributed by atoms with E-state index in [4.69, 9.17) is 0 Å². The summed E-state index contributed by atoms with van der Waals surface area (Å²) in [7, 11) is 6.20. The molecule has 104 valence electrons. The minimum Gasteiger partial charge on any atom is -0.253 e. The van der Waals surface area contributed by atoms with E-state index in [1.165, 1.54) is 0 Å². The van der Waals surface area contributed by atoms with Gasteiger partial charge in [0, 0.05) is 0 Å². The van der Waals surface area contributed by atoms with Gasteiger partial charge in [-0.3, -0.25) is 4.39 Å². The highest BCUT2D eigenvalue weighted by Gasteiger charge is 2.58. The molecular formula is C14H32B3F. The minimum absolute atomic E-state index is 0.0529. The van der Waals surface area contributed by atoms with Gasteiger partial charge in [-0.05, 0) is 16.7 Å². The molecule has 18 heavy (non-hydrogen) atoms. The van der Waals surface area contributed by atoms with E-state index in [1.54, 1.807) is 7.85 Å². The topological polar surface area (TPSA) is 0 Å². The van der Waals surface area contributed by atoms with Crippen molar-refractivity contribution in [3.8, 4) is 0 Å². The lowest BCUT2D eigenvalue weighted by molar-refractivity contribution is -0.0545. The van der Waals surface area contributed by atoms with Crippen molar-refractivity contribution in [2.75, 3.05) is 0 Å². The predicted octanol–water partition coefficient (Wildman–Crippen LogP) is 2.03. The van der Waals surface area contributed by atoms with Crippen LogP contribution < -0.4 is 0 Å². The van der Waals surface area contributed by atoms with Crippen LogP contribution in [0.25, 0.3) is 0 Å². The quantitative estimate of drug-likeness (QED) is 0.656. The van der Waals surface area contributed by atoms with E-state index in [2.05, 4.69) is 71.1 Å². The van der Waals surface area contributed by atoms with Gasteiger partial charge < -0.3 is 0 Å². The van der Waals surface area contributed by atoms with Crippen LogP contribution in [0.3, 0.4) is 0 Å². The molecule has 4 heteroatoms. The monoisotopic (exact) mass is 252 g/mol. The summed E-state index contributed by atoms with van der Waals surface area (Å²) < 4.78 is 15.8. The lowest BCUT2D eigenvalue weighted by Crippen LogP contribution is -2.60. The molecule has 1 unspecified atom stereocenters. The van der Waals surface area contributed by atoms with Crippen LogP contribution in [0.1, 0.15) is 55.4 Å². The first-order valence-corrected chi connectivity index (χ1v) is 7.33. The molecular weight excluding hydrogens is 220 g/mol. The maximum Gasteiger partial charge on any atom is 0.151 e. The second-order valence-corrected chi connectivity index (χ2v) is 8.38. The molecule has 0 aliphatic rings. The molecule has 0 aliphatic carbocycles. The highest BCUT2D eigenvalue weighted by Crippen LogP contribution is 2.59. The van der Waals surface area contributed by atoms with Crippen molar-refractivity contribution in [3.63, 3.8) is 0 Å². The molecule has 0 saturated heterocycles. The first-order valence-electron chi connectivity index (χ1n) is 7.33. The highest BCUT2D eigenvalue weighted by atomic mass is 19.1. The van der Waals surface area contributed by atoms with Gasteiger partial charge in [0.05, 0.1) is 5.57 Å². The first-order chi connectivity index (χ1) is 7.64. The van der Waals surface area contributed by atoms with Crippen molar-refractivity contribution in [2.45, 2.75) is 66.2 Å². The Hall–Kier alpha value is 0.125. The molecule has 0 saturated carbocycles. The van der Waals surface area contributed by atoms with Crippen molar-refractivity contribution in [1.82, 2.24) is 0 Å². The van der Waals surface area contributed by atoms with E-state index in [-0.39, 0.29) is 16.0 Å². The van der Waals surface area contributed by atoms with Crippen molar-refractivity contribution >= 4 is 23.5 Å². The Morgan fingerprint density at radius 2 is 1.11 bits per heavy atom. The lowest BCUT2D eigenvalue weighted by atomic mass is 9.31. The summed E-state index contributed by atoms with van der Waals surface area (Å²) in [4.78, 5) is 0. The Balaban J connectivity index is 5.74. The zero-order chi connectivity index (χ0) is 15.2. The largest absolute Gasteiger partial charge is 0.253 e. The van der Waals surface area contributed by atoms with E-state index in [0.29, 0.717) is 11.8 Å². The summed E-state index contributed by atoms with van der Waals surface area (Å²) in [6.45, 7) is 17.0. The van der Waals surface area contributed by atoms with Crippen LogP contribution >= 0.6 is 0 Å². The SMILES string of the molecule is BC(B)(C(C)C)C(C)(C)C(B)(F)C(C)(C)C(C)C. The molecule has 0 amide bonds. The molecule has 0 spiro atoms. The summed E-state index contributed by atoms with van der Waals surface area (Å²) >= 11 is 0. The van der Waals surface area contributed by atoms with Gasteiger partial charge in [0.25, 0.3) is 0 Å². The van der Waals surface area contributed by atoms with Crippen molar-refractivity contribution in [3.05, 3.63) is 0 Å². The Morgan fingerprint density at radius 3 is 1.33 bits per heavy atom. The molecule has 0 rings (SSSR count). The highest BCUT2D eigenvalue weighted by molar-refractivity contribution is 6.41. The Kier molecular flexibility index (Phi) is 4.94. The van der Waals surface area contributed by atoms with Crippen LogP contribution in [0.2, 0.25) is 5.21 Å². The van der Waals surface area contributed by atoms with Gasteiger partial charge in [0.1, 0.15) is 15.7 Å². The van der Waals surface area contributed by atoms with Gasteiger partial charge in [-0.25, -0.2) is 0 Å². The summed E-state index contributed by atoms with van der Waals surface area (Å²) in [5.41, 5.74) is -1.95. The molecule has 0 aromatic carbocycles. The minimum atomic E-state index is -1.22. The van der Waals surface area contributed by atoms with E-state index < -0.39 is 5.57 Å². The Bertz CT molecular complexity index is 261. The number of hydrogen-bond donors (Lipinski definition) is 0. The third-order valence-corrected chi connectivity index (χ3v) is 6.88. The molecule has 0 aliphatic heterocycles. The predicted molar refractivity (Wildman–Crippen MR) is 89.4 cm³/mol. The van der Waals surface area contributed by atoms with Crippen LogP contribution in [0, 0.1) is 22.7 Å². The maximum atomic E-state index is 15.8. The average molecular weight is 252 g/mol. The van der Waals surface area contributed by atoms with Crippen LogP contribution in [0.4, 0.5) is 4.39 Å². The number of alkyl halides is 1. The maximum absolute atomic E-state index is 15.8. The second-order valence-electron chi connectivity index (χ2n) is 8.38. The number of halogens is 1. The fourth-order valence-electron chi connectivity index (χ4n) is 2.67. The summed E-state index contributed by atoms with van der Waals surface area (Å²) in [6.07, 6.45) is 0. The van der Waals surface area contributed by atoms with Gasteiger partial charge >= 0.3 is 0 Å². The smallest absolute Gasteiger partial charge is 0.151 e. The van der Waals surface area contributed by atoms with Crippen LogP contribution in [0.5, 0.6) is 0 Å². The average Bonchev–Trinajstić information content (AvgIpc) is 2.15. The molecule has 1 atom stereocenters. The molecule has 0 heterocycles. The van der Waals surface area contributed by atoms with Crippen LogP contribution in [-0.4, -0.2) is 29.1 Å². The van der Waals surface area contributed by atoms with Crippen molar-refractivity contribution < 1.29 is 4.39 Å². The van der Waals surface area contributed by atoms with E-state index in [9.17, 15) is 0 Å². The molecule has 0 radical (unpaired) electrons. The Morgan fingerprint density at radius 1 is 0.778 bits per heavy atom. The molecule has 0 N–H and O–H groups in total. The van der Waals surface area contributed by atoms with Gasteiger partial charge in [-0.2, -0.15) is 0 Å². The zero-order valence-electron chi connectivity index (χ0n) is 14.5. The van der Waals surface area contributed by atoms with Crippen molar-refractivity contribution in [1.29, 1.82) is 0 Å². The molecule has 0 aromatic rings.